The number of hydrogen-bond acceptors (Lipinski definition) is 6. The summed E-state index contributed by atoms with van der Waals surface area (Å²) in [6.45, 7) is 4.78. The third-order valence-electron chi connectivity index (χ3n) is 4.51. The van der Waals surface area contributed by atoms with E-state index in [2.05, 4.69) is 20.5 Å². The maximum absolute atomic E-state index is 13.1. The van der Waals surface area contributed by atoms with Gasteiger partial charge in [-0.25, -0.2) is 4.68 Å². The van der Waals surface area contributed by atoms with Crippen LogP contribution in [-0.4, -0.2) is 37.6 Å². The van der Waals surface area contributed by atoms with Crippen LogP contribution in [-0.2, 0) is 6.54 Å². The van der Waals surface area contributed by atoms with Gasteiger partial charge in [-0.3, -0.25) is 9.78 Å². The quantitative estimate of drug-likeness (QED) is 0.676. The lowest BCUT2D eigenvalue weighted by molar-refractivity contribution is 0.0980. The molecule has 26 heavy (non-hydrogen) atoms. The first-order valence-corrected chi connectivity index (χ1v) is 8.66. The van der Waals surface area contributed by atoms with Crippen molar-refractivity contribution in [2.75, 3.05) is 11.4 Å². The second-order valence-electron chi connectivity index (χ2n) is 6.68. The van der Waals surface area contributed by atoms with Gasteiger partial charge in [0, 0.05) is 18.8 Å². The molecular weight excluding hydrogens is 332 g/mol. The minimum atomic E-state index is -0.148. The van der Waals surface area contributed by atoms with Crippen LogP contribution in [0.25, 0.3) is 0 Å². The third kappa shape index (κ3) is 3.35. The average Bonchev–Trinajstić information content (AvgIpc) is 3.28. The summed E-state index contributed by atoms with van der Waals surface area (Å²) in [6, 6.07) is 5.57. The average molecular weight is 352 g/mol. The number of nitrogens with zero attached hydrogens (tertiary/aromatic N) is 6. The molecule has 3 heterocycles. The van der Waals surface area contributed by atoms with Gasteiger partial charge in [0.15, 0.2) is 5.69 Å². The Morgan fingerprint density at radius 3 is 2.88 bits per heavy atom. The van der Waals surface area contributed by atoms with Crippen molar-refractivity contribution in [3.05, 3.63) is 53.4 Å². The molecule has 1 aliphatic carbocycles. The lowest BCUT2D eigenvalue weighted by Gasteiger charge is -2.21. The van der Waals surface area contributed by atoms with Crippen LogP contribution in [0.5, 0.6) is 0 Å². The zero-order valence-electron chi connectivity index (χ0n) is 14.8. The molecule has 3 aromatic heterocycles. The Bertz CT molecular complexity index is 913. The first-order valence-electron chi connectivity index (χ1n) is 8.66. The standard InChI is InChI=1S/C18H20N6O2/c1-12-8-15(21-26-12)11-24-13(2)17(20-22-24)18(25)23(10-14-5-6-14)16-4-3-7-19-9-16/h3-4,7-9,14H,5-6,10-11H2,1-2H3. The van der Waals surface area contributed by atoms with E-state index in [1.165, 1.54) is 0 Å². The number of rotatable bonds is 6. The van der Waals surface area contributed by atoms with Crippen molar-refractivity contribution < 1.29 is 9.32 Å². The summed E-state index contributed by atoms with van der Waals surface area (Å²) in [5.41, 5.74) is 2.59. The van der Waals surface area contributed by atoms with Gasteiger partial charge in [0.1, 0.15) is 11.5 Å². The molecule has 0 radical (unpaired) electrons. The van der Waals surface area contributed by atoms with E-state index in [-0.39, 0.29) is 5.91 Å². The zero-order valence-corrected chi connectivity index (χ0v) is 14.8. The number of carbonyl (C=O) groups excluding carboxylic acids is 1. The van der Waals surface area contributed by atoms with Crippen LogP contribution >= 0.6 is 0 Å². The molecular formula is C18H20N6O2. The topological polar surface area (TPSA) is 89.9 Å². The highest BCUT2D eigenvalue weighted by Crippen LogP contribution is 2.32. The van der Waals surface area contributed by atoms with Crippen LogP contribution in [0.1, 0.15) is 40.5 Å². The number of hydrogen-bond donors (Lipinski definition) is 0. The van der Waals surface area contributed by atoms with Crippen LogP contribution < -0.4 is 4.90 Å². The highest BCUT2D eigenvalue weighted by atomic mass is 16.5. The van der Waals surface area contributed by atoms with Crippen molar-refractivity contribution in [1.82, 2.24) is 25.1 Å². The molecule has 1 amide bonds. The molecule has 8 nitrogen and oxygen atoms in total. The summed E-state index contributed by atoms with van der Waals surface area (Å²) in [7, 11) is 0. The number of amides is 1. The minimum absolute atomic E-state index is 0.148. The van der Waals surface area contributed by atoms with Crippen LogP contribution in [0.3, 0.4) is 0 Å². The molecule has 1 saturated carbocycles. The molecule has 0 N–H and O–H groups in total. The molecule has 0 bridgehead atoms. The fraction of sp³-hybridized carbons (Fsp3) is 0.389. The van der Waals surface area contributed by atoms with E-state index in [1.807, 2.05) is 32.0 Å². The first-order chi connectivity index (χ1) is 12.6. The van der Waals surface area contributed by atoms with E-state index in [0.29, 0.717) is 30.4 Å². The Morgan fingerprint density at radius 2 is 2.23 bits per heavy atom. The predicted molar refractivity (Wildman–Crippen MR) is 93.7 cm³/mol. The fourth-order valence-corrected chi connectivity index (χ4v) is 2.86. The van der Waals surface area contributed by atoms with Crippen LogP contribution in [0.4, 0.5) is 5.69 Å². The normalized spacial score (nSPS) is 13.8. The molecule has 8 heteroatoms. The van der Waals surface area contributed by atoms with E-state index in [1.54, 1.807) is 22.0 Å². The molecule has 0 atom stereocenters. The Labute approximate surface area is 150 Å². The molecule has 1 fully saturated rings. The van der Waals surface area contributed by atoms with Gasteiger partial charge in [-0.15, -0.1) is 5.10 Å². The van der Waals surface area contributed by atoms with Gasteiger partial charge in [0.2, 0.25) is 0 Å². The zero-order chi connectivity index (χ0) is 18.1. The van der Waals surface area contributed by atoms with Crippen molar-refractivity contribution in [2.45, 2.75) is 33.2 Å². The maximum atomic E-state index is 13.1. The van der Waals surface area contributed by atoms with Gasteiger partial charge in [-0.1, -0.05) is 10.4 Å². The van der Waals surface area contributed by atoms with Crippen molar-refractivity contribution in [3.8, 4) is 0 Å². The summed E-state index contributed by atoms with van der Waals surface area (Å²) in [5.74, 6) is 1.14. The van der Waals surface area contributed by atoms with Gasteiger partial charge in [-0.05, 0) is 44.7 Å². The number of aryl methyl sites for hydroxylation is 1. The van der Waals surface area contributed by atoms with Gasteiger partial charge < -0.3 is 9.42 Å². The molecule has 134 valence electrons. The Balaban J connectivity index is 1.59. The van der Waals surface area contributed by atoms with Crippen molar-refractivity contribution >= 4 is 11.6 Å². The summed E-state index contributed by atoms with van der Waals surface area (Å²) in [4.78, 5) is 19.0. The summed E-state index contributed by atoms with van der Waals surface area (Å²) >= 11 is 0. The monoisotopic (exact) mass is 352 g/mol. The molecule has 4 rings (SSSR count). The lowest BCUT2D eigenvalue weighted by Crippen LogP contribution is -2.33. The van der Waals surface area contributed by atoms with Crippen LogP contribution in [0, 0.1) is 19.8 Å². The van der Waals surface area contributed by atoms with Crippen LogP contribution in [0.2, 0.25) is 0 Å². The summed E-state index contributed by atoms with van der Waals surface area (Å²) in [6.07, 6.45) is 5.71. The highest BCUT2D eigenvalue weighted by Gasteiger charge is 2.30. The number of aromatic nitrogens is 5. The summed E-state index contributed by atoms with van der Waals surface area (Å²) in [5, 5.41) is 12.2. The van der Waals surface area contributed by atoms with E-state index in [0.717, 1.165) is 30.0 Å². The van der Waals surface area contributed by atoms with Gasteiger partial charge in [0.25, 0.3) is 5.91 Å². The van der Waals surface area contributed by atoms with Crippen LogP contribution in [0.15, 0.2) is 35.1 Å². The lowest BCUT2D eigenvalue weighted by atomic mass is 10.2. The minimum Gasteiger partial charge on any atom is -0.361 e. The number of carbonyl (C=O) groups is 1. The van der Waals surface area contributed by atoms with Gasteiger partial charge >= 0.3 is 0 Å². The molecule has 0 unspecified atom stereocenters. The molecule has 1 aliphatic rings. The second-order valence-corrected chi connectivity index (χ2v) is 6.68. The highest BCUT2D eigenvalue weighted by molar-refractivity contribution is 6.05. The van der Waals surface area contributed by atoms with Crippen molar-refractivity contribution in [1.29, 1.82) is 0 Å². The van der Waals surface area contributed by atoms with Crippen molar-refractivity contribution in [2.24, 2.45) is 5.92 Å². The van der Waals surface area contributed by atoms with Crippen molar-refractivity contribution in [3.63, 3.8) is 0 Å². The fourth-order valence-electron chi connectivity index (χ4n) is 2.86. The first kappa shape index (κ1) is 16.4. The van der Waals surface area contributed by atoms with E-state index < -0.39 is 0 Å². The van der Waals surface area contributed by atoms with E-state index in [4.69, 9.17) is 4.52 Å². The number of anilines is 1. The Kier molecular flexibility index (Phi) is 4.24. The number of pyridine rings is 1. The smallest absolute Gasteiger partial charge is 0.280 e. The second kappa shape index (κ2) is 6.70. The molecule has 0 aliphatic heterocycles. The van der Waals surface area contributed by atoms with Gasteiger partial charge in [0.05, 0.1) is 24.1 Å². The molecule has 3 aromatic rings. The van der Waals surface area contributed by atoms with Gasteiger partial charge in [-0.2, -0.15) is 0 Å². The molecule has 0 aromatic carbocycles. The van der Waals surface area contributed by atoms with E-state index in [9.17, 15) is 4.79 Å². The maximum Gasteiger partial charge on any atom is 0.280 e. The van der Waals surface area contributed by atoms with E-state index >= 15 is 0 Å². The summed E-state index contributed by atoms with van der Waals surface area (Å²) < 4.78 is 6.75. The largest absolute Gasteiger partial charge is 0.361 e. The Hall–Kier alpha value is -3.03. The SMILES string of the molecule is Cc1cc(Cn2nnc(C(=O)N(CC3CC3)c3cccnc3)c2C)no1. The Morgan fingerprint density at radius 1 is 1.38 bits per heavy atom. The third-order valence-corrected chi connectivity index (χ3v) is 4.51. The molecule has 0 saturated heterocycles. The molecule has 0 spiro atoms. The predicted octanol–water partition coefficient (Wildman–Crippen LogP) is 2.38.